The van der Waals surface area contributed by atoms with Crippen LogP contribution in [0.4, 0.5) is 0 Å². The molecule has 0 saturated heterocycles. The molecule has 0 aliphatic carbocycles. The molecule has 29 heavy (non-hydrogen) atoms. The number of hydrogen-bond donors (Lipinski definition) is 0. The Morgan fingerprint density at radius 1 is 0.897 bits per heavy atom. The Kier molecular flexibility index (Phi) is 5.22. The first-order valence-electron chi connectivity index (χ1n) is 9.98. The third kappa shape index (κ3) is 3.68. The van der Waals surface area contributed by atoms with E-state index < -0.39 is 0 Å². The fourth-order valence-electron chi connectivity index (χ4n) is 3.75. The maximum Gasteiger partial charge on any atom is 0.167 e. The van der Waals surface area contributed by atoms with Crippen LogP contribution < -0.4 is 4.74 Å². The van der Waals surface area contributed by atoms with Gasteiger partial charge in [-0.2, -0.15) is 0 Å². The molecule has 2 aromatic heterocycles. The molecule has 4 aromatic rings. The van der Waals surface area contributed by atoms with Gasteiger partial charge in [0.05, 0.1) is 5.69 Å². The summed E-state index contributed by atoms with van der Waals surface area (Å²) in [5, 5.41) is 0. The Hall–Kier alpha value is -3.33. The first kappa shape index (κ1) is 19.0. The molecule has 146 valence electrons. The van der Waals surface area contributed by atoms with E-state index in [4.69, 9.17) is 4.74 Å². The van der Waals surface area contributed by atoms with Crippen molar-refractivity contribution in [3.63, 3.8) is 0 Å². The molecule has 0 spiro atoms. The summed E-state index contributed by atoms with van der Waals surface area (Å²) >= 11 is 0. The van der Waals surface area contributed by atoms with Crippen molar-refractivity contribution >= 4 is 11.8 Å². The molecule has 0 N–H and O–H groups in total. The number of ether oxygens (including phenoxy) is 1. The van der Waals surface area contributed by atoms with Gasteiger partial charge >= 0.3 is 0 Å². The van der Waals surface area contributed by atoms with Crippen molar-refractivity contribution in [1.82, 2.24) is 4.40 Å². The van der Waals surface area contributed by atoms with Crippen LogP contribution in [0.5, 0.6) is 5.75 Å². The summed E-state index contributed by atoms with van der Waals surface area (Å²) in [5.74, 6) is 0.875. The van der Waals surface area contributed by atoms with Crippen LogP contribution in [0, 0.1) is 13.8 Å². The lowest BCUT2D eigenvalue weighted by molar-refractivity contribution is 0.111. The van der Waals surface area contributed by atoms with E-state index in [1.165, 1.54) is 5.56 Å². The fourth-order valence-corrected chi connectivity index (χ4v) is 3.75. The highest BCUT2D eigenvalue weighted by molar-refractivity contribution is 5.91. The Labute approximate surface area is 171 Å². The predicted octanol–water partition coefficient (Wildman–Crippen LogP) is 6.18. The van der Waals surface area contributed by atoms with Crippen molar-refractivity contribution in [2.75, 3.05) is 0 Å². The van der Waals surface area contributed by atoms with Gasteiger partial charge < -0.3 is 9.14 Å². The summed E-state index contributed by atoms with van der Waals surface area (Å²) in [7, 11) is 0. The minimum absolute atomic E-state index is 0.538. The molecular formula is C26H25NO2. The van der Waals surface area contributed by atoms with E-state index in [-0.39, 0.29) is 0 Å². The van der Waals surface area contributed by atoms with E-state index in [2.05, 4.69) is 69.4 Å². The third-order valence-corrected chi connectivity index (χ3v) is 5.44. The van der Waals surface area contributed by atoms with Crippen LogP contribution >= 0.6 is 0 Å². The topological polar surface area (TPSA) is 30.7 Å². The maximum absolute atomic E-state index is 12.0. The monoisotopic (exact) mass is 383 g/mol. The first-order valence-corrected chi connectivity index (χ1v) is 9.98. The summed E-state index contributed by atoms with van der Waals surface area (Å²) in [6.45, 7) is 6.77. The SMILES string of the molecule is CCc1ccc2cc(-c3cc(C)c(OCc4ccccc4)cc3C)c(C=O)n2c1. The summed E-state index contributed by atoms with van der Waals surface area (Å²) in [5.41, 5.74) is 8.25. The molecule has 2 aromatic carbocycles. The van der Waals surface area contributed by atoms with Gasteiger partial charge in [-0.3, -0.25) is 4.79 Å². The average molecular weight is 383 g/mol. The van der Waals surface area contributed by atoms with Gasteiger partial charge in [0.15, 0.2) is 6.29 Å². The van der Waals surface area contributed by atoms with Crippen LogP contribution in [0.15, 0.2) is 66.9 Å². The van der Waals surface area contributed by atoms with Gasteiger partial charge in [0, 0.05) is 17.3 Å². The van der Waals surface area contributed by atoms with Crippen molar-refractivity contribution in [1.29, 1.82) is 0 Å². The molecule has 0 aliphatic heterocycles. The number of nitrogens with zero attached hydrogens (tertiary/aromatic N) is 1. The van der Waals surface area contributed by atoms with E-state index in [0.717, 1.165) is 51.8 Å². The number of pyridine rings is 1. The molecule has 3 nitrogen and oxygen atoms in total. The van der Waals surface area contributed by atoms with Crippen LogP contribution in [0.25, 0.3) is 16.6 Å². The average Bonchev–Trinajstić information content (AvgIpc) is 3.12. The molecule has 0 aliphatic rings. The smallest absolute Gasteiger partial charge is 0.167 e. The molecule has 0 radical (unpaired) electrons. The van der Waals surface area contributed by atoms with Gasteiger partial charge in [0.2, 0.25) is 0 Å². The summed E-state index contributed by atoms with van der Waals surface area (Å²) in [6.07, 6.45) is 3.95. The van der Waals surface area contributed by atoms with E-state index >= 15 is 0 Å². The number of aldehydes is 1. The number of carbonyl (C=O) groups excluding carboxylic acids is 1. The Morgan fingerprint density at radius 3 is 2.41 bits per heavy atom. The summed E-state index contributed by atoms with van der Waals surface area (Å²) < 4.78 is 8.06. The molecule has 0 unspecified atom stereocenters. The second-order valence-corrected chi connectivity index (χ2v) is 7.45. The largest absolute Gasteiger partial charge is 0.489 e. The highest BCUT2D eigenvalue weighted by atomic mass is 16.5. The molecule has 0 amide bonds. The van der Waals surface area contributed by atoms with Gasteiger partial charge in [0.1, 0.15) is 12.4 Å². The van der Waals surface area contributed by atoms with E-state index in [0.29, 0.717) is 12.3 Å². The number of hydrogen-bond acceptors (Lipinski definition) is 2. The number of benzene rings is 2. The van der Waals surface area contributed by atoms with Gasteiger partial charge in [-0.15, -0.1) is 0 Å². The van der Waals surface area contributed by atoms with Crippen molar-refractivity contribution in [3.8, 4) is 16.9 Å². The predicted molar refractivity (Wildman–Crippen MR) is 118 cm³/mol. The summed E-state index contributed by atoms with van der Waals surface area (Å²) in [6, 6.07) is 20.6. The number of aryl methyl sites for hydroxylation is 3. The van der Waals surface area contributed by atoms with Crippen LogP contribution in [0.3, 0.4) is 0 Å². The lowest BCUT2D eigenvalue weighted by Gasteiger charge is -2.14. The first-order chi connectivity index (χ1) is 14.1. The fraction of sp³-hybridized carbons (Fsp3) is 0.192. The highest BCUT2D eigenvalue weighted by Crippen LogP contribution is 2.34. The molecule has 0 atom stereocenters. The highest BCUT2D eigenvalue weighted by Gasteiger charge is 2.15. The lowest BCUT2D eigenvalue weighted by atomic mass is 9.98. The molecule has 0 saturated carbocycles. The molecular weight excluding hydrogens is 358 g/mol. The van der Waals surface area contributed by atoms with Gasteiger partial charge in [-0.25, -0.2) is 0 Å². The Balaban J connectivity index is 1.72. The van der Waals surface area contributed by atoms with E-state index in [1.54, 1.807) is 0 Å². The Bertz CT molecular complexity index is 1170. The summed E-state index contributed by atoms with van der Waals surface area (Å²) in [4.78, 5) is 12.0. The Morgan fingerprint density at radius 2 is 1.69 bits per heavy atom. The molecule has 0 bridgehead atoms. The van der Waals surface area contributed by atoms with E-state index in [1.807, 2.05) is 22.6 Å². The lowest BCUT2D eigenvalue weighted by Crippen LogP contribution is -1.99. The zero-order valence-electron chi connectivity index (χ0n) is 17.1. The van der Waals surface area contributed by atoms with Crippen molar-refractivity contribution < 1.29 is 9.53 Å². The second-order valence-electron chi connectivity index (χ2n) is 7.45. The molecule has 4 rings (SSSR count). The number of aromatic nitrogens is 1. The number of fused-ring (bicyclic) bond motifs is 1. The van der Waals surface area contributed by atoms with Crippen LogP contribution in [-0.4, -0.2) is 10.7 Å². The van der Waals surface area contributed by atoms with Gasteiger partial charge in [0.25, 0.3) is 0 Å². The number of rotatable bonds is 6. The van der Waals surface area contributed by atoms with Crippen molar-refractivity contribution in [3.05, 3.63) is 94.8 Å². The standard InChI is InChI=1S/C26H25NO2/c1-4-20-10-11-22-14-24(25(16-28)27(22)15-20)23-12-19(3)26(13-18(23)2)29-17-21-8-6-5-7-9-21/h5-16H,4,17H2,1-3H3. The normalized spacial score (nSPS) is 11.0. The maximum atomic E-state index is 12.0. The van der Waals surface area contributed by atoms with Crippen molar-refractivity contribution in [2.24, 2.45) is 0 Å². The number of carbonyl (C=O) groups is 1. The van der Waals surface area contributed by atoms with Crippen LogP contribution in [0.1, 0.15) is 39.7 Å². The minimum atomic E-state index is 0.538. The van der Waals surface area contributed by atoms with Crippen LogP contribution in [0.2, 0.25) is 0 Å². The zero-order valence-corrected chi connectivity index (χ0v) is 17.1. The van der Waals surface area contributed by atoms with Crippen molar-refractivity contribution in [2.45, 2.75) is 33.8 Å². The van der Waals surface area contributed by atoms with Crippen LogP contribution in [-0.2, 0) is 13.0 Å². The second kappa shape index (κ2) is 7.96. The van der Waals surface area contributed by atoms with E-state index in [9.17, 15) is 4.79 Å². The van der Waals surface area contributed by atoms with Gasteiger partial charge in [-0.05, 0) is 72.4 Å². The molecule has 3 heteroatoms. The van der Waals surface area contributed by atoms with Gasteiger partial charge in [-0.1, -0.05) is 43.3 Å². The zero-order chi connectivity index (χ0) is 20.4. The third-order valence-electron chi connectivity index (χ3n) is 5.44. The molecule has 2 heterocycles. The minimum Gasteiger partial charge on any atom is -0.489 e. The molecule has 0 fully saturated rings. The quantitative estimate of drug-likeness (QED) is 0.372.